The summed E-state index contributed by atoms with van der Waals surface area (Å²) in [5.74, 6) is -0.825. The fraction of sp³-hybridized carbons (Fsp3) is 0.0909. The third kappa shape index (κ3) is 3.90. The van der Waals surface area contributed by atoms with Crippen molar-refractivity contribution in [2.24, 2.45) is 0 Å². The number of carbonyl (C=O) groups excluding carboxylic acids is 1. The van der Waals surface area contributed by atoms with Crippen molar-refractivity contribution in [2.75, 3.05) is 5.32 Å². The zero-order valence-corrected chi connectivity index (χ0v) is 17.9. The van der Waals surface area contributed by atoms with Gasteiger partial charge in [-0.25, -0.2) is 18.4 Å². The van der Waals surface area contributed by atoms with E-state index in [1.54, 1.807) is 36.5 Å². The summed E-state index contributed by atoms with van der Waals surface area (Å²) < 4.78 is 43.2. The van der Waals surface area contributed by atoms with Gasteiger partial charge in [0.2, 0.25) is 5.91 Å². The van der Waals surface area contributed by atoms with Gasteiger partial charge in [-0.2, -0.15) is 18.3 Å². The van der Waals surface area contributed by atoms with Gasteiger partial charge in [-0.05, 0) is 30.3 Å². The molecule has 2 aromatic carbocycles. The SMILES string of the molecule is O=C(Cn1nc2c3cc(-c4ccc(Cl)cc4)nn3ccn2c1=O)Nc1ccccc1C(F)(F)F. The first-order valence-electron chi connectivity index (χ1n) is 9.90. The Morgan fingerprint density at radius 2 is 1.76 bits per heavy atom. The monoisotopic (exact) mass is 486 g/mol. The maximum atomic E-state index is 13.2. The Bertz CT molecular complexity index is 1600. The summed E-state index contributed by atoms with van der Waals surface area (Å²) >= 11 is 5.93. The average Bonchev–Trinajstić information content (AvgIpc) is 3.35. The van der Waals surface area contributed by atoms with E-state index in [9.17, 15) is 22.8 Å². The topological polar surface area (TPSA) is 85.7 Å². The molecule has 0 aliphatic carbocycles. The van der Waals surface area contributed by atoms with E-state index < -0.39 is 35.6 Å². The van der Waals surface area contributed by atoms with Crippen molar-refractivity contribution < 1.29 is 18.0 Å². The number of benzene rings is 2. The smallest absolute Gasteiger partial charge is 0.324 e. The summed E-state index contributed by atoms with van der Waals surface area (Å²) in [5, 5.41) is 11.5. The normalized spacial score (nSPS) is 11.9. The summed E-state index contributed by atoms with van der Waals surface area (Å²) in [6.07, 6.45) is -1.63. The number of amides is 1. The second kappa shape index (κ2) is 8.03. The first-order valence-corrected chi connectivity index (χ1v) is 10.3. The van der Waals surface area contributed by atoms with Gasteiger partial charge in [0.15, 0.2) is 5.65 Å². The minimum absolute atomic E-state index is 0.240. The van der Waals surface area contributed by atoms with E-state index in [-0.39, 0.29) is 5.65 Å². The second-order valence-electron chi connectivity index (χ2n) is 7.39. The molecule has 12 heteroatoms. The molecule has 3 heterocycles. The number of carbonyl (C=O) groups is 1. The van der Waals surface area contributed by atoms with E-state index in [2.05, 4.69) is 15.5 Å². The minimum atomic E-state index is -4.64. The number of halogens is 4. The van der Waals surface area contributed by atoms with Crippen LogP contribution in [0.15, 0.2) is 71.8 Å². The molecule has 172 valence electrons. The van der Waals surface area contributed by atoms with Crippen LogP contribution in [0.25, 0.3) is 22.4 Å². The number of para-hydroxylation sites is 1. The van der Waals surface area contributed by atoms with Crippen LogP contribution in [0, 0.1) is 0 Å². The molecule has 0 saturated carbocycles. The van der Waals surface area contributed by atoms with Gasteiger partial charge in [0.05, 0.1) is 16.9 Å². The molecule has 0 aliphatic heterocycles. The number of aromatic nitrogens is 5. The van der Waals surface area contributed by atoms with Crippen molar-refractivity contribution in [2.45, 2.75) is 12.7 Å². The van der Waals surface area contributed by atoms with Gasteiger partial charge >= 0.3 is 11.9 Å². The maximum Gasteiger partial charge on any atom is 0.418 e. The molecule has 0 radical (unpaired) electrons. The lowest BCUT2D eigenvalue weighted by Gasteiger charge is -2.13. The molecule has 3 aromatic heterocycles. The van der Waals surface area contributed by atoms with Gasteiger partial charge in [0.25, 0.3) is 0 Å². The second-order valence-corrected chi connectivity index (χ2v) is 7.83. The average molecular weight is 487 g/mol. The zero-order chi connectivity index (χ0) is 24.0. The highest BCUT2D eigenvalue weighted by Crippen LogP contribution is 2.34. The van der Waals surface area contributed by atoms with E-state index >= 15 is 0 Å². The minimum Gasteiger partial charge on any atom is -0.324 e. The zero-order valence-electron chi connectivity index (χ0n) is 17.1. The van der Waals surface area contributed by atoms with Crippen LogP contribution < -0.4 is 11.0 Å². The number of fused-ring (bicyclic) bond motifs is 3. The third-order valence-corrected chi connectivity index (χ3v) is 5.38. The molecule has 1 N–H and O–H groups in total. The molecule has 0 bridgehead atoms. The summed E-state index contributed by atoms with van der Waals surface area (Å²) in [5.41, 5.74) is 0.161. The van der Waals surface area contributed by atoms with Gasteiger partial charge in [0.1, 0.15) is 12.1 Å². The van der Waals surface area contributed by atoms with Crippen LogP contribution in [-0.2, 0) is 17.5 Å². The molecule has 0 fully saturated rings. The highest BCUT2D eigenvalue weighted by atomic mass is 35.5. The molecule has 5 rings (SSSR count). The van der Waals surface area contributed by atoms with Crippen LogP contribution in [0.5, 0.6) is 0 Å². The molecule has 5 aromatic rings. The van der Waals surface area contributed by atoms with Gasteiger partial charge in [0, 0.05) is 23.0 Å². The van der Waals surface area contributed by atoms with Gasteiger partial charge in [-0.3, -0.25) is 4.79 Å². The number of rotatable bonds is 4. The standard InChI is InChI=1S/C22H14ClF3N6O2/c23-14-7-5-13(6-8-14)17-11-18-20-29-32(21(34)30(20)9-10-31(18)28-17)12-19(33)27-16-4-2-1-3-15(16)22(24,25)26/h1-11H,12H2,(H,27,33). The van der Waals surface area contributed by atoms with Gasteiger partial charge in [-0.15, -0.1) is 5.10 Å². The van der Waals surface area contributed by atoms with E-state index in [0.717, 1.165) is 22.4 Å². The lowest BCUT2D eigenvalue weighted by atomic mass is 10.1. The molecule has 0 unspecified atom stereocenters. The Hall–Kier alpha value is -4.12. The largest absolute Gasteiger partial charge is 0.418 e. The van der Waals surface area contributed by atoms with Crippen molar-refractivity contribution in [3.05, 3.63) is 88.1 Å². The van der Waals surface area contributed by atoms with E-state index in [1.807, 2.05) is 0 Å². The lowest BCUT2D eigenvalue weighted by Crippen LogP contribution is -2.28. The van der Waals surface area contributed by atoms with Crippen LogP contribution >= 0.6 is 11.6 Å². The Balaban J connectivity index is 1.47. The van der Waals surface area contributed by atoms with Crippen LogP contribution in [0.1, 0.15) is 5.56 Å². The van der Waals surface area contributed by atoms with Crippen molar-refractivity contribution in [3.63, 3.8) is 0 Å². The number of nitrogens with zero attached hydrogens (tertiary/aromatic N) is 5. The van der Waals surface area contributed by atoms with Crippen molar-refractivity contribution in [1.82, 2.24) is 23.8 Å². The molecule has 0 aliphatic rings. The molecule has 34 heavy (non-hydrogen) atoms. The molecular formula is C22H14ClF3N6O2. The highest BCUT2D eigenvalue weighted by molar-refractivity contribution is 6.30. The van der Waals surface area contributed by atoms with E-state index in [4.69, 9.17) is 11.6 Å². The molecule has 0 atom stereocenters. The molecule has 0 spiro atoms. The molecule has 1 amide bonds. The van der Waals surface area contributed by atoms with E-state index in [1.165, 1.54) is 27.2 Å². The lowest BCUT2D eigenvalue weighted by molar-refractivity contribution is -0.137. The molecule has 0 saturated heterocycles. The Morgan fingerprint density at radius 3 is 2.50 bits per heavy atom. The van der Waals surface area contributed by atoms with Crippen LogP contribution in [0.2, 0.25) is 5.02 Å². The van der Waals surface area contributed by atoms with Crippen LogP contribution in [-0.4, -0.2) is 29.7 Å². The molecule has 8 nitrogen and oxygen atoms in total. The predicted molar refractivity (Wildman–Crippen MR) is 119 cm³/mol. The van der Waals surface area contributed by atoms with Crippen molar-refractivity contribution in [1.29, 1.82) is 0 Å². The fourth-order valence-corrected chi connectivity index (χ4v) is 3.69. The Labute approximate surface area is 193 Å². The Morgan fingerprint density at radius 1 is 1.03 bits per heavy atom. The number of anilines is 1. The van der Waals surface area contributed by atoms with Gasteiger partial charge in [-0.1, -0.05) is 35.9 Å². The van der Waals surface area contributed by atoms with Crippen molar-refractivity contribution >= 4 is 34.4 Å². The van der Waals surface area contributed by atoms with E-state index in [0.29, 0.717) is 16.2 Å². The number of hydrogen-bond donors (Lipinski definition) is 1. The maximum absolute atomic E-state index is 13.2. The van der Waals surface area contributed by atoms with Crippen molar-refractivity contribution in [3.8, 4) is 11.3 Å². The predicted octanol–water partition coefficient (Wildman–Crippen LogP) is 4.12. The van der Waals surface area contributed by atoms with Crippen LogP contribution in [0.3, 0.4) is 0 Å². The third-order valence-electron chi connectivity index (χ3n) is 5.13. The number of alkyl halides is 3. The number of hydrogen-bond acceptors (Lipinski definition) is 4. The summed E-state index contributed by atoms with van der Waals surface area (Å²) in [6, 6.07) is 13.4. The summed E-state index contributed by atoms with van der Waals surface area (Å²) in [6.45, 7) is -0.572. The first kappa shape index (κ1) is 21.7. The first-order chi connectivity index (χ1) is 16.2. The highest BCUT2D eigenvalue weighted by Gasteiger charge is 2.33. The quantitative estimate of drug-likeness (QED) is 0.414. The van der Waals surface area contributed by atoms with Crippen LogP contribution in [0.4, 0.5) is 18.9 Å². The van der Waals surface area contributed by atoms with Gasteiger partial charge < -0.3 is 5.32 Å². The number of nitrogens with one attached hydrogen (secondary N) is 1. The molecular weight excluding hydrogens is 473 g/mol. The fourth-order valence-electron chi connectivity index (χ4n) is 3.56. The summed E-state index contributed by atoms with van der Waals surface area (Å²) in [7, 11) is 0. The summed E-state index contributed by atoms with van der Waals surface area (Å²) in [4.78, 5) is 25.2. The Kier molecular flexibility index (Phi) is 5.13.